The summed E-state index contributed by atoms with van der Waals surface area (Å²) < 4.78 is 17.5. The molecule has 0 amide bonds. The minimum atomic E-state index is 0.101. The Morgan fingerprint density at radius 2 is 2.00 bits per heavy atom. The zero-order chi connectivity index (χ0) is 20.4. The monoisotopic (exact) mass is 401 g/mol. The second-order valence-electron chi connectivity index (χ2n) is 8.46. The van der Waals surface area contributed by atoms with Gasteiger partial charge in [-0.25, -0.2) is 0 Å². The lowest BCUT2D eigenvalue weighted by atomic mass is 9.46. The molecule has 4 rings (SSSR count). The van der Waals surface area contributed by atoms with Crippen LogP contribution in [0.15, 0.2) is 23.2 Å². The van der Waals surface area contributed by atoms with E-state index in [-0.39, 0.29) is 6.04 Å². The van der Waals surface area contributed by atoms with Crippen LogP contribution in [0.1, 0.15) is 58.1 Å². The first-order valence-electron chi connectivity index (χ1n) is 11.1. The van der Waals surface area contributed by atoms with Gasteiger partial charge in [0.25, 0.3) is 0 Å². The van der Waals surface area contributed by atoms with Gasteiger partial charge in [-0.15, -0.1) is 0 Å². The van der Waals surface area contributed by atoms with Gasteiger partial charge >= 0.3 is 0 Å². The third-order valence-corrected chi connectivity index (χ3v) is 6.97. The fourth-order valence-corrected chi connectivity index (χ4v) is 5.40. The van der Waals surface area contributed by atoms with E-state index in [1.165, 1.54) is 19.3 Å². The zero-order valence-electron chi connectivity index (χ0n) is 18.2. The molecule has 160 valence electrons. The van der Waals surface area contributed by atoms with E-state index < -0.39 is 0 Å². The molecular formula is C23H35N3O3. The van der Waals surface area contributed by atoms with E-state index in [0.29, 0.717) is 36.7 Å². The first-order chi connectivity index (χ1) is 14.1. The van der Waals surface area contributed by atoms with Crippen molar-refractivity contribution in [3.63, 3.8) is 0 Å². The van der Waals surface area contributed by atoms with E-state index in [1.54, 1.807) is 0 Å². The fraction of sp³-hybridized carbons (Fsp3) is 0.696. The number of benzene rings is 1. The van der Waals surface area contributed by atoms with Crippen molar-refractivity contribution in [2.75, 3.05) is 26.9 Å². The van der Waals surface area contributed by atoms with Crippen molar-refractivity contribution in [3.8, 4) is 11.5 Å². The summed E-state index contributed by atoms with van der Waals surface area (Å²) in [7, 11) is 1.85. The number of aliphatic imine (C=N–C) groups is 1. The average molecular weight is 402 g/mol. The van der Waals surface area contributed by atoms with E-state index >= 15 is 0 Å². The third kappa shape index (κ3) is 3.56. The summed E-state index contributed by atoms with van der Waals surface area (Å²) in [4.78, 5) is 4.52. The highest BCUT2D eigenvalue weighted by molar-refractivity contribution is 5.81. The molecule has 2 aliphatic carbocycles. The SMILES string of the molecule is CCOc1ccc(C(C)NC(=NC)NC2C3CCOC3C23CCC3)cc1OCC. The number of nitrogens with one attached hydrogen (secondary N) is 2. The molecule has 1 aromatic carbocycles. The summed E-state index contributed by atoms with van der Waals surface area (Å²) in [5.74, 6) is 3.08. The molecule has 2 saturated carbocycles. The standard InChI is InChI=1S/C23H35N3O3/c1-5-27-18-9-8-16(14-19(18)28-6-2)15(3)25-22(24-4)26-20-17-10-13-29-21(17)23(20)11-7-12-23/h8-9,14-15,17,20-21H,5-7,10-13H2,1-4H3,(H2,24,25,26). The molecule has 1 aliphatic heterocycles. The van der Waals surface area contributed by atoms with Crippen LogP contribution in [0, 0.1) is 11.3 Å². The molecule has 4 atom stereocenters. The number of rotatable bonds is 7. The van der Waals surface area contributed by atoms with Crippen molar-refractivity contribution in [1.82, 2.24) is 10.6 Å². The number of guanidine groups is 1. The van der Waals surface area contributed by atoms with Gasteiger partial charge in [0.05, 0.1) is 25.4 Å². The van der Waals surface area contributed by atoms with Crippen molar-refractivity contribution in [2.45, 2.75) is 64.6 Å². The summed E-state index contributed by atoms with van der Waals surface area (Å²) in [6.45, 7) is 8.27. The van der Waals surface area contributed by atoms with E-state index in [4.69, 9.17) is 14.2 Å². The molecular weight excluding hydrogens is 366 g/mol. The quantitative estimate of drug-likeness (QED) is 0.539. The second-order valence-corrected chi connectivity index (χ2v) is 8.46. The number of hydrogen-bond acceptors (Lipinski definition) is 4. The normalized spacial score (nSPS) is 28.1. The molecule has 1 aromatic rings. The molecule has 0 bridgehead atoms. The van der Waals surface area contributed by atoms with Crippen molar-refractivity contribution < 1.29 is 14.2 Å². The Morgan fingerprint density at radius 1 is 1.24 bits per heavy atom. The van der Waals surface area contributed by atoms with Gasteiger partial charge in [0.2, 0.25) is 0 Å². The van der Waals surface area contributed by atoms with Gasteiger partial charge in [-0.2, -0.15) is 0 Å². The molecule has 0 aromatic heterocycles. The topological polar surface area (TPSA) is 64.1 Å². The Labute approximate surface area is 174 Å². The number of nitrogens with zero attached hydrogens (tertiary/aromatic N) is 1. The van der Waals surface area contributed by atoms with Crippen molar-refractivity contribution in [2.24, 2.45) is 16.3 Å². The van der Waals surface area contributed by atoms with E-state index in [0.717, 1.165) is 36.0 Å². The van der Waals surface area contributed by atoms with Crippen LogP contribution < -0.4 is 20.1 Å². The van der Waals surface area contributed by atoms with Crippen LogP contribution >= 0.6 is 0 Å². The summed E-state index contributed by atoms with van der Waals surface area (Å²) >= 11 is 0. The van der Waals surface area contributed by atoms with Crippen LogP contribution in [0.5, 0.6) is 11.5 Å². The fourth-order valence-electron chi connectivity index (χ4n) is 5.40. The maximum absolute atomic E-state index is 6.05. The summed E-state index contributed by atoms with van der Waals surface area (Å²) in [5.41, 5.74) is 1.48. The highest BCUT2D eigenvalue weighted by atomic mass is 16.5. The van der Waals surface area contributed by atoms with Crippen LogP contribution in [0.25, 0.3) is 0 Å². The lowest BCUT2D eigenvalue weighted by Crippen LogP contribution is -2.72. The van der Waals surface area contributed by atoms with Crippen molar-refractivity contribution >= 4 is 5.96 Å². The maximum atomic E-state index is 6.05. The molecule has 2 N–H and O–H groups in total. The van der Waals surface area contributed by atoms with Crippen LogP contribution in [0.2, 0.25) is 0 Å². The molecule has 3 aliphatic rings. The molecule has 6 heteroatoms. The lowest BCUT2D eigenvalue weighted by Gasteiger charge is -2.63. The Bertz CT molecular complexity index is 747. The Kier molecular flexibility index (Phi) is 5.91. The predicted octanol–water partition coefficient (Wildman–Crippen LogP) is 3.67. The van der Waals surface area contributed by atoms with Gasteiger partial charge in [-0.1, -0.05) is 12.5 Å². The summed E-state index contributed by atoms with van der Waals surface area (Å²) in [6.07, 6.45) is 5.49. The summed E-state index contributed by atoms with van der Waals surface area (Å²) in [6, 6.07) is 6.73. The van der Waals surface area contributed by atoms with E-state index in [1.807, 2.05) is 27.0 Å². The van der Waals surface area contributed by atoms with Gasteiger partial charge in [0, 0.05) is 31.0 Å². The number of fused-ring (bicyclic) bond motifs is 2. The van der Waals surface area contributed by atoms with Crippen LogP contribution in [-0.4, -0.2) is 45.0 Å². The molecule has 4 unspecified atom stereocenters. The zero-order valence-corrected chi connectivity index (χ0v) is 18.2. The predicted molar refractivity (Wildman–Crippen MR) is 115 cm³/mol. The minimum absolute atomic E-state index is 0.101. The number of hydrogen-bond donors (Lipinski definition) is 2. The average Bonchev–Trinajstić information content (AvgIpc) is 3.10. The lowest BCUT2D eigenvalue weighted by molar-refractivity contribution is -0.171. The van der Waals surface area contributed by atoms with Crippen molar-refractivity contribution in [3.05, 3.63) is 23.8 Å². The molecule has 1 spiro atoms. The van der Waals surface area contributed by atoms with Crippen LogP contribution in [-0.2, 0) is 4.74 Å². The maximum Gasteiger partial charge on any atom is 0.191 e. The van der Waals surface area contributed by atoms with Gasteiger partial charge in [0.15, 0.2) is 17.5 Å². The largest absolute Gasteiger partial charge is 0.490 e. The molecule has 29 heavy (non-hydrogen) atoms. The molecule has 1 heterocycles. The van der Waals surface area contributed by atoms with Gasteiger partial charge in [-0.05, 0) is 57.7 Å². The van der Waals surface area contributed by atoms with E-state index in [2.05, 4.69) is 34.7 Å². The highest BCUT2D eigenvalue weighted by Gasteiger charge is 2.66. The van der Waals surface area contributed by atoms with Gasteiger partial charge in [-0.3, -0.25) is 4.99 Å². The van der Waals surface area contributed by atoms with Gasteiger partial charge < -0.3 is 24.8 Å². The van der Waals surface area contributed by atoms with Gasteiger partial charge in [0.1, 0.15) is 0 Å². The third-order valence-electron chi connectivity index (χ3n) is 6.97. The molecule has 1 saturated heterocycles. The second kappa shape index (κ2) is 8.42. The first-order valence-corrected chi connectivity index (χ1v) is 11.1. The van der Waals surface area contributed by atoms with Crippen LogP contribution in [0.4, 0.5) is 0 Å². The Morgan fingerprint density at radius 3 is 2.66 bits per heavy atom. The first kappa shape index (κ1) is 20.3. The number of ether oxygens (including phenoxy) is 3. The molecule has 3 fully saturated rings. The molecule has 0 radical (unpaired) electrons. The molecule has 6 nitrogen and oxygen atoms in total. The van der Waals surface area contributed by atoms with E-state index in [9.17, 15) is 0 Å². The van der Waals surface area contributed by atoms with Crippen LogP contribution in [0.3, 0.4) is 0 Å². The Hall–Kier alpha value is -1.95. The smallest absolute Gasteiger partial charge is 0.191 e. The highest BCUT2D eigenvalue weighted by Crippen LogP contribution is 2.62. The van der Waals surface area contributed by atoms with Crippen molar-refractivity contribution in [1.29, 1.82) is 0 Å². The Balaban J connectivity index is 1.43. The summed E-state index contributed by atoms with van der Waals surface area (Å²) in [5, 5.41) is 7.31. The minimum Gasteiger partial charge on any atom is -0.490 e.